The highest BCUT2D eigenvalue weighted by Crippen LogP contribution is 2.43. The summed E-state index contributed by atoms with van der Waals surface area (Å²) >= 11 is 0. The maximum atomic E-state index is 13.4. The van der Waals surface area contributed by atoms with Gasteiger partial charge in [-0.15, -0.1) is 0 Å². The van der Waals surface area contributed by atoms with Crippen molar-refractivity contribution in [2.45, 2.75) is 50.7 Å². The van der Waals surface area contributed by atoms with Gasteiger partial charge in [-0.1, -0.05) is 0 Å². The van der Waals surface area contributed by atoms with Crippen LogP contribution in [0.25, 0.3) is 5.69 Å². The van der Waals surface area contributed by atoms with Gasteiger partial charge in [0.05, 0.1) is 35.2 Å². The van der Waals surface area contributed by atoms with Crippen LogP contribution in [0.5, 0.6) is 0 Å². The Morgan fingerprint density at radius 2 is 1.60 bits per heavy atom. The number of halogens is 6. The molecule has 0 saturated carbocycles. The van der Waals surface area contributed by atoms with Crippen LogP contribution in [-0.2, 0) is 18.9 Å². The number of hydrogen-bond donors (Lipinski definition) is 0. The summed E-state index contributed by atoms with van der Waals surface area (Å²) < 4.78 is 83.0. The number of benzene rings is 1. The molecule has 2 aliphatic heterocycles. The Hall–Kier alpha value is -3.57. The van der Waals surface area contributed by atoms with Crippen molar-refractivity contribution < 1.29 is 31.1 Å². The molecule has 1 aromatic carbocycles. The molecule has 1 amide bonds. The lowest BCUT2D eigenvalue weighted by Crippen LogP contribution is -2.49. The minimum absolute atomic E-state index is 0.0294. The molecule has 0 aliphatic carbocycles. The zero-order valence-corrected chi connectivity index (χ0v) is 18.2. The monoisotopic (exact) mass is 496 g/mol. The number of amides is 1. The number of fused-ring (bicyclic) bond motifs is 2. The predicted octanol–water partition coefficient (Wildman–Crippen LogP) is 4.74. The van der Waals surface area contributed by atoms with Crippen molar-refractivity contribution in [1.29, 1.82) is 0 Å². The number of carbonyl (C=O) groups excluding carboxylic acids is 1. The molecule has 12 heteroatoms. The van der Waals surface area contributed by atoms with Crippen LogP contribution >= 0.6 is 0 Å². The largest absolute Gasteiger partial charge is 0.416 e. The Labute approximate surface area is 194 Å². The van der Waals surface area contributed by atoms with Crippen LogP contribution in [0.15, 0.2) is 47.7 Å². The third-order valence-electron chi connectivity index (χ3n) is 6.49. The van der Waals surface area contributed by atoms with Crippen molar-refractivity contribution in [1.82, 2.24) is 19.0 Å². The smallest absolute Gasteiger partial charge is 0.326 e. The minimum Gasteiger partial charge on any atom is -0.326 e. The highest BCUT2D eigenvalue weighted by molar-refractivity contribution is 5.94. The first-order chi connectivity index (χ1) is 16.3. The number of rotatable bonds is 2. The molecule has 0 spiro atoms. The molecule has 3 aromatic rings. The van der Waals surface area contributed by atoms with E-state index in [1.165, 1.54) is 32.5 Å². The zero-order chi connectivity index (χ0) is 25.3. The van der Waals surface area contributed by atoms with Gasteiger partial charge < -0.3 is 14.0 Å². The van der Waals surface area contributed by atoms with Crippen molar-refractivity contribution in [3.8, 4) is 5.69 Å². The molecule has 0 radical (unpaired) electrons. The van der Waals surface area contributed by atoms with Gasteiger partial charge in [-0.2, -0.15) is 26.3 Å². The van der Waals surface area contributed by atoms with Crippen molar-refractivity contribution in [3.63, 3.8) is 0 Å². The Morgan fingerprint density at radius 1 is 0.943 bits per heavy atom. The van der Waals surface area contributed by atoms with E-state index >= 15 is 0 Å². The lowest BCUT2D eigenvalue weighted by atomic mass is 9.98. The lowest BCUT2D eigenvalue weighted by molar-refractivity contribution is -0.143. The van der Waals surface area contributed by atoms with Gasteiger partial charge in [0.1, 0.15) is 11.4 Å². The van der Waals surface area contributed by atoms with E-state index in [9.17, 15) is 35.9 Å². The Kier molecular flexibility index (Phi) is 5.11. The molecule has 35 heavy (non-hydrogen) atoms. The maximum absolute atomic E-state index is 13.4. The Bertz CT molecular complexity index is 1360. The Balaban J connectivity index is 1.56. The first-order valence-corrected chi connectivity index (χ1v) is 10.7. The van der Waals surface area contributed by atoms with Crippen LogP contribution in [0.1, 0.15) is 51.8 Å². The predicted molar refractivity (Wildman–Crippen MR) is 111 cm³/mol. The molecule has 4 heterocycles. The van der Waals surface area contributed by atoms with Gasteiger partial charge in [-0.05, 0) is 55.7 Å². The summed E-state index contributed by atoms with van der Waals surface area (Å²) in [5.41, 5.74) is -2.52. The van der Waals surface area contributed by atoms with Crippen LogP contribution in [0.4, 0.5) is 26.3 Å². The van der Waals surface area contributed by atoms with E-state index in [1.54, 1.807) is 13.1 Å². The molecule has 1 fully saturated rings. The van der Waals surface area contributed by atoms with Gasteiger partial charge in [-0.25, -0.2) is 4.98 Å². The number of hydrogen-bond acceptors (Lipinski definition) is 3. The van der Waals surface area contributed by atoms with Crippen LogP contribution in [0.2, 0.25) is 0 Å². The van der Waals surface area contributed by atoms with Crippen LogP contribution in [0.3, 0.4) is 0 Å². The second-order valence-electron chi connectivity index (χ2n) is 8.74. The van der Waals surface area contributed by atoms with Gasteiger partial charge in [0.2, 0.25) is 0 Å². The summed E-state index contributed by atoms with van der Waals surface area (Å²) in [5, 5.41) is 0. The second-order valence-corrected chi connectivity index (χ2v) is 8.74. The minimum atomic E-state index is -4.98. The maximum Gasteiger partial charge on any atom is 0.416 e. The van der Waals surface area contributed by atoms with Gasteiger partial charge in [0.25, 0.3) is 11.5 Å². The van der Waals surface area contributed by atoms with E-state index in [2.05, 4.69) is 4.98 Å². The lowest BCUT2D eigenvalue weighted by Gasteiger charge is -2.36. The van der Waals surface area contributed by atoms with Gasteiger partial charge in [0.15, 0.2) is 0 Å². The fourth-order valence-electron chi connectivity index (χ4n) is 4.90. The van der Waals surface area contributed by atoms with E-state index in [0.29, 0.717) is 24.2 Å². The standard InChI is InChI=1S/C23H18F6N4O2/c1-12-9-31(11-30-12)18-4-5-19-21(35)33-16(10-32(19)20(18)34)2-3-17(33)13-6-14(22(24,25)26)8-15(7-13)23(27,28)29/h4-9,11,16-17H,2-3,10H2,1H3. The fraction of sp³-hybridized carbons (Fsp3) is 0.348. The summed E-state index contributed by atoms with van der Waals surface area (Å²) in [6.07, 6.45) is -6.35. The normalized spacial score (nSPS) is 20.2. The fourth-order valence-corrected chi connectivity index (χ4v) is 4.90. The average Bonchev–Trinajstić information content (AvgIpc) is 3.39. The number of imidazole rings is 1. The summed E-state index contributed by atoms with van der Waals surface area (Å²) in [5.74, 6) is -0.611. The first kappa shape index (κ1) is 23.2. The topological polar surface area (TPSA) is 60.1 Å². The van der Waals surface area contributed by atoms with Crippen molar-refractivity contribution in [3.05, 3.63) is 81.3 Å². The molecule has 0 bridgehead atoms. The average molecular weight is 496 g/mol. The summed E-state index contributed by atoms with van der Waals surface area (Å²) in [7, 11) is 0. The number of nitrogens with zero attached hydrogens (tertiary/aromatic N) is 4. The molecule has 2 atom stereocenters. The quantitative estimate of drug-likeness (QED) is 0.482. The van der Waals surface area contributed by atoms with Crippen molar-refractivity contribution >= 4 is 5.91 Å². The molecular formula is C23H18F6N4O2. The molecule has 6 nitrogen and oxygen atoms in total. The zero-order valence-electron chi connectivity index (χ0n) is 18.2. The molecule has 1 saturated heterocycles. The van der Waals surface area contributed by atoms with Gasteiger partial charge >= 0.3 is 12.4 Å². The number of carbonyl (C=O) groups is 1. The molecule has 2 aliphatic rings. The third kappa shape index (κ3) is 3.90. The third-order valence-corrected chi connectivity index (χ3v) is 6.49. The summed E-state index contributed by atoms with van der Waals surface area (Å²) in [6.45, 7) is 1.84. The highest BCUT2D eigenvalue weighted by atomic mass is 19.4. The SMILES string of the molecule is Cc1cn(-c2ccc3n(c2=O)CC2CCC(c4cc(C(F)(F)F)cc(C(F)(F)F)c4)N2C3=O)cn1. The number of aryl methyl sites for hydroxylation is 1. The van der Waals surface area contributed by atoms with Crippen LogP contribution in [0, 0.1) is 6.92 Å². The summed E-state index contributed by atoms with van der Waals surface area (Å²) in [4.78, 5) is 31.9. The molecule has 5 rings (SSSR count). The van der Waals surface area contributed by atoms with E-state index < -0.39 is 47.0 Å². The van der Waals surface area contributed by atoms with Crippen molar-refractivity contribution in [2.24, 2.45) is 0 Å². The van der Waals surface area contributed by atoms with E-state index in [0.717, 1.165) is 0 Å². The molecule has 184 valence electrons. The number of alkyl halides is 6. The van der Waals surface area contributed by atoms with Gasteiger partial charge in [-0.3, -0.25) is 9.59 Å². The first-order valence-electron chi connectivity index (χ1n) is 10.7. The van der Waals surface area contributed by atoms with Crippen LogP contribution < -0.4 is 5.56 Å². The van der Waals surface area contributed by atoms with Crippen LogP contribution in [-0.4, -0.2) is 31.0 Å². The highest BCUT2D eigenvalue weighted by Gasteiger charge is 2.45. The van der Waals surface area contributed by atoms with E-state index in [-0.39, 0.29) is 36.0 Å². The molecule has 0 N–H and O–H groups in total. The second kappa shape index (κ2) is 7.72. The number of aromatic nitrogens is 3. The summed E-state index contributed by atoms with van der Waals surface area (Å²) in [6, 6.07) is 2.78. The van der Waals surface area contributed by atoms with Crippen molar-refractivity contribution in [2.75, 3.05) is 0 Å². The van der Waals surface area contributed by atoms with Gasteiger partial charge in [0, 0.05) is 12.7 Å². The molecule has 2 aromatic heterocycles. The molecule has 2 unspecified atom stereocenters. The number of pyridine rings is 1. The molecular weight excluding hydrogens is 478 g/mol. The van der Waals surface area contributed by atoms with E-state index in [4.69, 9.17) is 0 Å². The van der Waals surface area contributed by atoms with E-state index in [1.807, 2.05) is 0 Å². The Morgan fingerprint density at radius 3 is 2.17 bits per heavy atom.